The molecule has 0 aromatic heterocycles. The van der Waals surface area contributed by atoms with Gasteiger partial charge in [0.2, 0.25) is 0 Å². The quantitative estimate of drug-likeness (QED) is 0.378. The highest BCUT2D eigenvalue weighted by molar-refractivity contribution is 6.35. The van der Waals surface area contributed by atoms with Gasteiger partial charge in [0.1, 0.15) is 0 Å². The molecule has 3 fully saturated rings. The van der Waals surface area contributed by atoms with Gasteiger partial charge in [-0.15, -0.1) is 0 Å². The number of carbonyl (C=O) groups excluding carboxylic acids is 1. The van der Waals surface area contributed by atoms with Gasteiger partial charge in [-0.3, -0.25) is 4.79 Å². The van der Waals surface area contributed by atoms with Crippen LogP contribution in [0.1, 0.15) is 64.4 Å². The van der Waals surface area contributed by atoms with Crippen molar-refractivity contribution in [2.24, 2.45) is 28.6 Å². The van der Waals surface area contributed by atoms with E-state index in [4.69, 9.17) is 23.2 Å². The molecule has 0 saturated heterocycles. The van der Waals surface area contributed by atoms with Crippen molar-refractivity contribution in [1.82, 2.24) is 0 Å². The van der Waals surface area contributed by atoms with Crippen molar-refractivity contribution >= 4 is 35.1 Å². The van der Waals surface area contributed by atoms with Gasteiger partial charge in [0.15, 0.2) is 5.78 Å². The molecular formula is C26H30Cl2O2. The Labute approximate surface area is 189 Å². The second-order valence-corrected chi connectivity index (χ2v) is 11.3. The van der Waals surface area contributed by atoms with Gasteiger partial charge in [-0.05, 0) is 97.5 Å². The predicted molar refractivity (Wildman–Crippen MR) is 123 cm³/mol. The Morgan fingerprint density at radius 1 is 1.07 bits per heavy atom. The molecule has 5 rings (SSSR count). The van der Waals surface area contributed by atoms with E-state index in [1.807, 2.05) is 18.2 Å². The molecule has 0 unspecified atom stereocenters. The molecule has 2 nitrogen and oxygen atoms in total. The maximum absolute atomic E-state index is 13.5. The van der Waals surface area contributed by atoms with Crippen LogP contribution in [0.2, 0.25) is 10.0 Å². The smallest absolute Gasteiger partial charge is 0.165 e. The molecule has 1 N–H and O–H groups in total. The van der Waals surface area contributed by atoms with Crippen molar-refractivity contribution in [1.29, 1.82) is 0 Å². The Morgan fingerprint density at radius 3 is 2.60 bits per heavy atom. The Balaban J connectivity index is 1.48. The van der Waals surface area contributed by atoms with E-state index in [0.717, 1.165) is 56.1 Å². The zero-order valence-corrected chi connectivity index (χ0v) is 19.3. The normalized spacial score (nSPS) is 41.8. The van der Waals surface area contributed by atoms with Crippen LogP contribution in [0.25, 0.3) is 6.08 Å². The van der Waals surface area contributed by atoms with Gasteiger partial charge >= 0.3 is 0 Å². The Hall–Kier alpha value is -1.09. The third kappa shape index (κ3) is 3.05. The molecule has 1 aromatic carbocycles. The topological polar surface area (TPSA) is 37.3 Å². The highest BCUT2D eigenvalue weighted by atomic mass is 35.5. The zero-order valence-electron chi connectivity index (χ0n) is 17.8. The monoisotopic (exact) mass is 444 g/mol. The van der Waals surface area contributed by atoms with Gasteiger partial charge in [-0.2, -0.15) is 0 Å². The van der Waals surface area contributed by atoms with E-state index >= 15 is 0 Å². The lowest BCUT2D eigenvalue weighted by molar-refractivity contribution is -0.130. The minimum atomic E-state index is -0.262. The van der Waals surface area contributed by atoms with Crippen LogP contribution < -0.4 is 0 Å². The zero-order chi connectivity index (χ0) is 21.3. The van der Waals surface area contributed by atoms with Gasteiger partial charge in [0.25, 0.3) is 0 Å². The standard InChI is InChI=1S/C26H30Cl2O2/c1-25-9-7-19(29)13-17(25)4-6-20-21(25)8-10-26(2)22(20)12-16(24(26)30)11-15-3-5-18(27)14-23(15)28/h3-5,11,14,19-22,29H,6-10,12-13H2,1-2H3/b16-11+/t19-,20-,21+,22+,25-,26+/m0/s1. The molecule has 0 amide bonds. The fraction of sp³-hybridized carbons (Fsp3) is 0.577. The fourth-order valence-corrected chi connectivity index (χ4v) is 7.71. The first kappa shape index (κ1) is 20.8. The number of aliphatic hydroxyl groups excluding tert-OH is 1. The molecule has 0 heterocycles. The van der Waals surface area contributed by atoms with Crippen molar-refractivity contribution in [3.63, 3.8) is 0 Å². The number of halogens is 2. The van der Waals surface area contributed by atoms with Crippen LogP contribution in [-0.2, 0) is 4.79 Å². The molecule has 4 heteroatoms. The van der Waals surface area contributed by atoms with Crippen LogP contribution in [0.15, 0.2) is 35.4 Å². The van der Waals surface area contributed by atoms with Gasteiger partial charge < -0.3 is 5.11 Å². The molecule has 4 aliphatic rings. The predicted octanol–water partition coefficient (Wildman–Crippen LogP) is 6.88. The highest BCUT2D eigenvalue weighted by Crippen LogP contribution is 2.64. The van der Waals surface area contributed by atoms with Crippen LogP contribution >= 0.6 is 23.2 Å². The number of hydrogen-bond donors (Lipinski definition) is 1. The third-order valence-electron chi connectivity index (χ3n) is 9.01. The maximum Gasteiger partial charge on any atom is 0.165 e. The van der Waals surface area contributed by atoms with Gasteiger partial charge in [0.05, 0.1) is 6.10 Å². The minimum Gasteiger partial charge on any atom is -0.393 e. The third-order valence-corrected chi connectivity index (χ3v) is 9.57. The maximum atomic E-state index is 13.5. The lowest BCUT2D eigenvalue weighted by Gasteiger charge is -2.56. The summed E-state index contributed by atoms with van der Waals surface area (Å²) >= 11 is 12.4. The number of Topliss-reactive ketones (excluding diaryl/α,β-unsaturated/α-hetero) is 1. The molecule has 0 radical (unpaired) electrons. The molecule has 3 saturated carbocycles. The fourth-order valence-electron chi connectivity index (χ4n) is 7.25. The van der Waals surface area contributed by atoms with Crippen LogP contribution in [0, 0.1) is 28.6 Å². The minimum absolute atomic E-state index is 0.179. The average molecular weight is 445 g/mol. The van der Waals surface area contributed by atoms with Crippen molar-refractivity contribution in [3.05, 3.63) is 51.0 Å². The van der Waals surface area contributed by atoms with Crippen molar-refractivity contribution in [2.75, 3.05) is 0 Å². The molecule has 0 spiro atoms. The largest absolute Gasteiger partial charge is 0.393 e. The van der Waals surface area contributed by atoms with E-state index in [2.05, 4.69) is 19.9 Å². The summed E-state index contributed by atoms with van der Waals surface area (Å²) in [6, 6.07) is 5.48. The van der Waals surface area contributed by atoms with E-state index in [1.165, 1.54) is 5.57 Å². The summed E-state index contributed by atoms with van der Waals surface area (Å²) in [5, 5.41) is 11.4. The summed E-state index contributed by atoms with van der Waals surface area (Å²) < 4.78 is 0. The lowest BCUT2D eigenvalue weighted by Crippen LogP contribution is -2.50. The second-order valence-electron chi connectivity index (χ2n) is 10.5. The number of hydrogen-bond acceptors (Lipinski definition) is 2. The summed E-state index contributed by atoms with van der Waals surface area (Å²) in [7, 11) is 0. The van der Waals surface area contributed by atoms with E-state index in [1.54, 1.807) is 6.07 Å². The van der Waals surface area contributed by atoms with Crippen LogP contribution in [0.5, 0.6) is 0 Å². The first-order valence-electron chi connectivity index (χ1n) is 11.3. The van der Waals surface area contributed by atoms with Crippen LogP contribution in [-0.4, -0.2) is 17.0 Å². The average Bonchev–Trinajstić information content (AvgIpc) is 2.95. The molecule has 0 aliphatic heterocycles. The van der Waals surface area contributed by atoms with E-state index < -0.39 is 0 Å². The molecule has 160 valence electrons. The number of ketones is 1. The highest BCUT2D eigenvalue weighted by Gasteiger charge is 2.59. The van der Waals surface area contributed by atoms with Crippen molar-refractivity contribution < 1.29 is 9.90 Å². The first-order valence-corrected chi connectivity index (χ1v) is 12.1. The molecule has 1 aromatic rings. The molecule has 4 aliphatic carbocycles. The Kier molecular flexibility index (Phi) is 5.00. The second kappa shape index (κ2) is 7.22. The van der Waals surface area contributed by atoms with Crippen molar-refractivity contribution in [2.45, 2.75) is 64.9 Å². The van der Waals surface area contributed by atoms with E-state index in [-0.39, 0.29) is 16.9 Å². The Bertz CT molecular complexity index is 964. The molecule has 6 atom stereocenters. The number of rotatable bonds is 1. The first-order chi connectivity index (χ1) is 14.2. The van der Waals surface area contributed by atoms with Gasteiger partial charge in [0, 0.05) is 15.5 Å². The van der Waals surface area contributed by atoms with Gasteiger partial charge in [-0.1, -0.05) is 54.8 Å². The molecule has 30 heavy (non-hydrogen) atoms. The van der Waals surface area contributed by atoms with Crippen molar-refractivity contribution in [3.8, 4) is 0 Å². The lowest BCUT2D eigenvalue weighted by atomic mass is 9.48. The summed E-state index contributed by atoms with van der Waals surface area (Å²) in [5.74, 6) is 1.87. The summed E-state index contributed by atoms with van der Waals surface area (Å²) in [6.07, 6.45) is 11.0. The SMILES string of the molecule is C[C@@]12CC[C@@H]3[C@H](CC=C4C[C@@H](O)CC[C@@]43C)[C@H]1C/C(=C\c1ccc(Cl)cc1Cl)C2=O. The van der Waals surface area contributed by atoms with E-state index in [0.29, 0.717) is 33.6 Å². The summed E-state index contributed by atoms with van der Waals surface area (Å²) in [4.78, 5) is 13.5. The van der Waals surface area contributed by atoms with Crippen LogP contribution in [0.4, 0.5) is 0 Å². The number of benzene rings is 1. The molecule has 0 bridgehead atoms. The van der Waals surface area contributed by atoms with Crippen LogP contribution in [0.3, 0.4) is 0 Å². The summed E-state index contributed by atoms with van der Waals surface area (Å²) in [5.41, 5.74) is 3.20. The summed E-state index contributed by atoms with van der Waals surface area (Å²) in [6.45, 7) is 4.62. The number of carbonyl (C=O) groups is 1. The Morgan fingerprint density at radius 2 is 1.83 bits per heavy atom. The number of aliphatic hydroxyl groups is 1. The number of fused-ring (bicyclic) bond motifs is 5. The van der Waals surface area contributed by atoms with Gasteiger partial charge in [-0.25, -0.2) is 0 Å². The van der Waals surface area contributed by atoms with E-state index in [9.17, 15) is 9.90 Å². The molecular weight excluding hydrogens is 415 g/mol. The number of allylic oxidation sites excluding steroid dienone is 2.